The molecule has 0 aliphatic heterocycles. The monoisotopic (exact) mass is 417 g/mol. The molecule has 9 heteroatoms. The van der Waals surface area contributed by atoms with Gasteiger partial charge in [0, 0.05) is 6.20 Å². The lowest BCUT2D eigenvalue weighted by Gasteiger charge is -2.08. The number of carbonyl (C=O) groups is 3. The summed E-state index contributed by atoms with van der Waals surface area (Å²) in [6, 6.07) is 5.06. The number of pyridine rings is 1. The van der Waals surface area contributed by atoms with E-state index in [9.17, 15) is 19.2 Å². The molecule has 0 saturated carbocycles. The van der Waals surface area contributed by atoms with Crippen molar-refractivity contribution in [3.05, 3.63) is 50.6 Å². The second-order valence-electron chi connectivity index (χ2n) is 5.81. The van der Waals surface area contributed by atoms with Gasteiger partial charge >= 0.3 is 17.9 Å². The number of hydrogen-bond acceptors (Lipinski definition) is 8. The maximum atomic E-state index is 13.3. The van der Waals surface area contributed by atoms with Crippen molar-refractivity contribution >= 4 is 45.0 Å². The van der Waals surface area contributed by atoms with Crippen LogP contribution in [0.4, 0.5) is 0 Å². The van der Waals surface area contributed by atoms with Crippen molar-refractivity contribution in [2.45, 2.75) is 20.8 Å². The number of esters is 3. The van der Waals surface area contributed by atoms with Crippen molar-refractivity contribution < 1.29 is 28.6 Å². The molecule has 0 fully saturated rings. The first-order valence-corrected chi connectivity index (χ1v) is 9.89. The Hall–Kier alpha value is -3.20. The summed E-state index contributed by atoms with van der Waals surface area (Å²) >= 11 is 0.839. The van der Waals surface area contributed by atoms with Crippen LogP contribution in [-0.2, 0) is 14.2 Å². The SMILES string of the molecule is CCOC(=O)c1sc2c(C(=O)OCC)c3ccccn3c2c(=O)c1C(=O)OCC. The molecular weight excluding hydrogens is 398 g/mol. The number of fused-ring (bicyclic) bond motifs is 3. The van der Waals surface area contributed by atoms with Crippen molar-refractivity contribution in [1.82, 2.24) is 4.40 Å². The number of ether oxygens (including phenoxy) is 3. The molecule has 0 N–H and O–H groups in total. The fourth-order valence-corrected chi connectivity index (χ4v) is 4.20. The largest absolute Gasteiger partial charge is 0.462 e. The predicted molar refractivity (Wildman–Crippen MR) is 107 cm³/mol. The third-order valence-electron chi connectivity index (χ3n) is 4.09. The van der Waals surface area contributed by atoms with Crippen molar-refractivity contribution in [1.29, 1.82) is 0 Å². The van der Waals surface area contributed by atoms with Crippen LogP contribution in [0.5, 0.6) is 0 Å². The second kappa shape index (κ2) is 8.44. The molecule has 3 heterocycles. The Morgan fingerprint density at radius 1 is 0.897 bits per heavy atom. The molecule has 152 valence electrons. The number of aromatic nitrogens is 1. The van der Waals surface area contributed by atoms with Crippen LogP contribution in [0.1, 0.15) is 51.2 Å². The van der Waals surface area contributed by atoms with Gasteiger partial charge in [-0.1, -0.05) is 6.07 Å². The molecule has 0 saturated heterocycles. The first-order valence-electron chi connectivity index (χ1n) is 9.07. The van der Waals surface area contributed by atoms with E-state index in [1.807, 2.05) is 0 Å². The van der Waals surface area contributed by atoms with E-state index in [0.717, 1.165) is 11.3 Å². The van der Waals surface area contributed by atoms with Gasteiger partial charge in [-0.25, -0.2) is 14.4 Å². The van der Waals surface area contributed by atoms with Gasteiger partial charge in [-0.2, -0.15) is 0 Å². The van der Waals surface area contributed by atoms with Crippen LogP contribution in [-0.4, -0.2) is 42.1 Å². The summed E-state index contributed by atoms with van der Waals surface area (Å²) in [4.78, 5) is 50.7. The van der Waals surface area contributed by atoms with E-state index in [-0.39, 0.29) is 40.5 Å². The van der Waals surface area contributed by atoms with Gasteiger partial charge < -0.3 is 18.6 Å². The molecule has 0 aromatic carbocycles. The van der Waals surface area contributed by atoms with Gasteiger partial charge in [0.15, 0.2) is 0 Å². The summed E-state index contributed by atoms with van der Waals surface area (Å²) in [5, 5.41) is 0. The Morgan fingerprint density at radius 2 is 1.48 bits per heavy atom. The molecule has 0 aliphatic rings. The van der Waals surface area contributed by atoms with Gasteiger partial charge in [-0.3, -0.25) is 4.79 Å². The molecule has 0 spiro atoms. The zero-order valence-corrected chi connectivity index (χ0v) is 17.0. The smallest absolute Gasteiger partial charge is 0.349 e. The van der Waals surface area contributed by atoms with Gasteiger partial charge in [0.1, 0.15) is 21.5 Å². The number of nitrogens with zero attached hydrogens (tertiary/aromatic N) is 1. The molecule has 8 nitrogen and oxygen atoms in total. The molecule has 0 bridgehead atoms. The molecule has 0 radical (unpaired) electrons. The predicted octanol–water partition coefficient (Wildman–Crippen LogP) is 3.04. The zero-order chi connectivity index (χ0) is 21.1. The number of carbonyl (C=O) groups excluding carboxylic acids is 3. The number of hydrogen-bond donors (Lipinski definition) is 0. The average molecular weight is 417 g/mol. The third-order valence-corrected chi connectivity index (χ3v) is 5.27. The second-order valence-corrected chi connectivity index (χ2v) is 6.83. The fourth-order valence-electron chi connectivity index (χ4n) is 3.00. The first kappa shape index (κ1) is 20.5. The Bertz CT molecular complexity index is 1170. The highest BCUT2D eigenvalue weighted by atomic mass is 32.1. The highest BCUT2D eigenvalue weighted by molar-refractivity contribution is 7.20. The van der Waals surface area contributed by atoms with Crippen LogP contribution in [0.2, 0.25) is 0 Å². The highest BCUT2D eigenvalue weighted by Crippen LogP contribution is 2.32. The van der Waals surface area contributed by atoms with Crippen molar-refractivity contribution in [2.75, 3.05) is 19.8 Å². The van der Waals surface area contributed by atoms with Crippen LogP contribution in [0, 0.1) is 0 Å². The minimum absolute atomic E-state index is 0.0339. The standard InChI is InChI=1S/C20H19NO7S/c1-4-26-18(23)12-11-9-7-8-10-21(11)14-15(22)13(19(24)27-5-2)17(29-16(12)14)20(25)28-6-3/h7-10H,4-6H2,1-3H3. The molecule has 0 unspecified atom stereocenters. The van der Waals surface area contributed by atoms with E-state index >= 15 is 0 Å². The van der Waals surface area contributed by atoms with Gasteiger partial charge in [-0.05, 0) is 32.9 Å². The molecule has 0 atom stereocenters. The zero-order valence-electron chi connectivity index (χ0n) is 16.1. The van der Waals surface area contributed by atoms with Crippen LogP contribution in [0.3, 0.4) is 0 Å². The average Bonchev–Trinajstić information content (AvgIpc) is 3.02. The van der Waals surface area contributed by atoms with E-state index in [1.165, 1.54) is 4.40 Å². The topological polar surface area (TPSA) is 100 Å². The summed E-state index contributed by atoms with van der Waals surface area (Å²) in [5.74, 6) is -2.37. The van der Waals surface area contributed by atoms with Gasteiger partial charge in [0.2, 0.25) is 5.43 Å². The van der Waals surface area contributed by atoms with E-state index < -0.39 is 28.9 Å². The Kier molecular flexibility index (Phi) is 5.97. The molecule has 3 aromatic heterocycles. The summed E-state index contributed by atoms with van der Waals surface area (Å²) in [5.41, 5.74) is -0.418. The van der Waals surface area contributed by atoms with Crippen LogP contribution in [0.25, 0.3) is 15.7 Å². The van der Waals surface area contributed by atoms with Gasteiger partial charge in [-0.15, -0.1) is 11.3 Å². The molecule has 0 aliphatic carbocycles. The quantitative estimate of drug-likeness (QED) is 0.449. The molecule has 0 amide bonds. The molecule has 3 aromatic rings. The minimum atomic E-state index is -0.915. The van der Waals surface area contributed by atoms with Crippen molar-refractivity contribution in [3.8, 4) is 0 Å². The third kappa shape index (κ3) is 3.49. The van der Waals surface area contributed by atoms with E-state index in [4.69, 9.17) is 14.2 Å². The molecule has 29 heavy (non-hydrogen) atoms. The summed E-state index contributed by atoms with van der Waals surface area (Å²) in [6.45, 7) is 5.11. The van der Waals surface area contributed by atoms with Crippen molar-refractivity contribution in [2.24, 2.45) is 0 Å². The fraction of sp³-hybridized carbons (Fsp3) is 0.300. The lowest BCUT2D eigenvalue weighted by Crippen LogP contribution is -2.23. The van der Waals surface area contributed by atoms with Gasteiger partial charge in [0.05, 0.1) is 30.0 Å². The van der Waals surface area contributed by atoms with Crippen LogP contribution < -0.4 is 5.43 Å². The maximum absolute atomic E-state index is 13.3. The lowest BCUT2D eigenvalue weighted by atomic mass is 10.2. The summed E-state index contributed by atoms with van der Waals surface area (Å²) < 4.78 is 16.9. The number of rotatable bonds is 6. The van der Waals surface area contributed by atoms with Crippen molar-refractivity contribution in [3.63, 3.8) is 0 Å². The van der Waals surface area contributed by atoms with E-state index in [2.05, 4.69) is 0 Å². The lowest BCUT2D eigenvalue weighted by molar-refractivity contribution is 0.0482. The highest BCUT2D eigenvalue weighted by Gasteiger charge is 2.30. The Labute approximate surface area is 169 Å². The van der Waals surface area contributed by atoms with E-state index in [0.29, 0.717) is 5.52 Å². The van der Waals surface area contributed by atoms with Crippen LogP contribution in [0.15, 0.2) is 29.2 Å². The minimum Gasteiger partial charge on any atom is -0.462 e. The van der Waals surface area contributed by atoms with Gasteiger partial charge in [0.25, 0.3) is 0 Å². The molecule has 3 rings (SSSR count). The van der Waals surface area contributed by atoms with Crippen LogP contribution >= 0.6 is 11.3 Å². The maximum Gasteiger partial charge on any atom is 0.349 e. The Balaban J connectivity index is 2.48. The first-order chi connectivity index (χ1) is 14.0. The Morgan fingerprint density at radius 3 is 2.10 bits per heavy atom. The summed E-state index contributed by atoms with van der Waals surface area (Å²) in [7, 11) is 0. The summed E-state index contributed by atoms with van der Waals surface area (Å²) in [6.07, 6.45) is 1.60. The molecular formula is C20H19NO7S. The normalized spacial score (nSPS) is 10.9. The van der Waals surface area contributed by atoms with E-state index in [1.54, 1.807) is 45.2 Å².